The first-order valence-electron chi connectivity index (χ1n) is 3.49. The Morgan fingerprint density at radius 1 is 1.54 bits per heavy atom. The van der Waals surface area contributed by atoms with E-state index in [2.05, 4.69) is 0 Å². The highest BCUT2D eigenvalue weighted by Gasteiger charge is 2.14. The quantitative estimate of drug-likeness (QED) is 0.425. The van der Waals surface area contributed by atoms with Gasteiger partial charge in [0, 0.05) is 11.6 Å². The Labute approximate surface area is 73.8 Å². The minimum absolute atomic E-state index is 0.0719. The standard InChI is InChI=1S/C8H7NO4/c1-5-2-8(11)6(4-10)3-7(5)9(12)13/h2-4,11H,1H3. The summed E-state index contributed by atoms with van der Waals surface area (Å²) in [5.74, 6) is -0.238. The number of hydrogen-bond donors (Lipinski definition) is 1. The molecule has 0 aliphatic carbocycles. The van der Waals surface area contributed by atoms with Crippen LogP contribution in [0.4, 0.5) is 5.69 Å². The first kappa shape index (κ1) is 9.18. The predicted octanol–water partition coefficient (Wildman–Crippen LogP) is 1.42. The minimum Gasteiger partial charge on any atom is -0.507 e. The van der Waals surface area contributed by atoms with Gasteiger partial charge in [-0.25, -0.2) is 0 Å². The number of phenols is 1. The second-order valence-corrected chi connectivity index (χ2v) is 2.57. The van der Waals surface area contributed by atoms with Gasteiger partial charge in [-0.2, -0.15) is 0 Å². The van der Waals surface area contributed by atoms with E-state index in [-0.39, 0.29) is 17.0 Å². The number of nitro groups is 1. The van der Waals surface area contributed by atoms with Crippen molar-refractivity contribution in [3.05, 3.63) is 33.4 Å². The lowest BCUT2D eigenvalue weighted by atomic mass is 10.1. The zero-order valence-corrected chi connectivity index (χ0v) is 6.85. The van der Waals surface area contributed by atoms with Crippen molar-refractivity contribution >= 4 is 12.0 Å². The molecule has 1 rings (SSSR count). The van der Waals surface area contributed by atoms with Crippen LogP contribution in [0.3, 0.4) is 0 Å². The number of carbonyl (C=O) groups excluding carboxylic acids is 1. The number of hydrogen-bond acceptors (Lipinski definition) is 4. The Morgan fingerprint density at radius 3 is 2.62 bits per heavy atom. The van der Waals surface area contributed by atoms with Gasteiger partial charge in [0.15, 0.2) is 6.29 Å². The van der Waals surface area contributed by atoms with E-state index in [0.29, 0.717) is 11.8 Å². The average Bonchev–Trinajstić information content (AvgIpc) is 2.03. The van der Waals surface area contributed by atoms with Gasteiger partial charge in [0.1, 0.15) is 5.75 Å². The van der Waals surface area contributed by atoms with Gasteiger partial charge in [-0.15, -0.1) is 0 Å². The summed E-state index contributed by atoms with van der Waals surface area (Å²) in [5, 5.41) is 19.6. The molecular formula is C8H7NO4. The number of aryl methyl sites for hydroxylation is 1. The fourth-order valence-corrected chi connectivity index (χ4v) is 0.989. The highest BCUT2D eigenvalue weighted by molar-refractivity contribution is 5.81. The number of phenolic OH excluding ortho intramolecular Hbond substituents is 1. The van der Waals surface area contributed by atoms with Gasteiger partial charge in [-0.1, -0.05) is 0 Å². The SMILES string of the molecule is Cc1cc(O)c(C=O)cc1[N+](=O)[O-]. The van der Waals surface area contributed by atoms with E-state index in [4.69, 9.17) is 5.11 Å². The third-order valence-corrected chi connectivity index (χ3v) is 1.67. The Kier molecular flexibility index (Phi) is 2.27. The molecule has 0 heterocycles. The summed E-state index contributed by atoms with van der Waals surface area (Å²) in [6.07, 6.45) is 0.377. The van der Waals surface area contributed by atoms with Gasteiger partial charge in [-0.3, -0.25) is 14.9 Å². The van der Waals surface area contributed by atoms with Gasteiger partial charge in [-0.05, 0) is 13.0 Å². The Bertz CT molecular complexity index is 373. The molecule has 0 radical (unpaired) electrons. The molecule has 0 aliphatic rings. The molecule has 5 heteroatoms. The molecule has 0 spiro atoms. The molecule has 0 amide bonds. The first-order chi connectivity index (χ1) is 6.06. The number of nitro benzene ring substituents is 1. The van der Waals surface area contributed by atoms with Gasteiger partial charge in [0.05, 0.1) is 10.5 Å². The van der Waals surface area contributed by atoms with Crippen molar-refractivity contribution in [3.63, 3.8) is 0 Å². The van der Waals surface area contributed by atoms with Gasteiger partial charge in [0.2, 0.25) is 0 Å². The lowest BCUT2D eigenvalue weighted by Gasteiger charge is -2.00. The fourth-order valence-electron chi connectivity index (χ4n) is 0.989. The van der Waals surface area contributed by atoms with E-state index in [9.17, 15) is 14.9 Å². The lowest BCUT2D eigenvalue weighted by molar-refractivity contribution is -0.385. The highest BCUT2D eigenvalue weighted by atomic mass is 16.6. The van der Waals surface area contributed by atoms with Crippen LogP contribution in [0.1, 0.15) is 15.9 Å². The molecule has 0 saturated heterocycles. The molecule has 0 saturated carbocycles. The molecule has 0 unspecified atom stereocenters. The number of benzene rings is 1. The van der Waals surface area contributed by atoms with Crippen LogP contribution in [-0.4, -0.2) is 16.3 Å². The van der Waals surface area contributed by atoms with E-state index in [1.54, 1.807) is 0 Å². The van der Waals surface area contributed by atoms with Crippen molar-refractivity contribution in [3.8, 4) is 5.75 Å². The van der Waals surface area contributed by atoms with Crippen LogP contribution >= 0.6 is 0 Å². The van der Waals surface area contributed by atoms with Crippen molar-refractivity contribution in [2.24, 2.45) is 0 Å². The molecule has 5 nitrogen and oxygen atoms in total. The number of aromatic hydroxyl groups is 1. The van der Waals surface area contributed by atoms with Crippen LogP contribution in [0.2, 0.25) is 0 Å². The van der Waals surface area contributed by atoms with Crippen LogP contribution in [0, 0.1) is 17.0 Å². The maximum absolute atomic E-state index is 10.4. The van der Waals surface area contributed by atoms with Gasteiger partial charge in [0.25, 0.3) is 5.69 Å². The monoisotopic (exact) mass is 181 g/mol. The minimum atomic E-state index is -0.595. The topological polar surface area (TPSA) is 80.4 Å². The normalized spacial score (nSPS) is 9.62. The van der Waals surface area contributed by atoms with Crippen LogP contribution < -0.4 is 0 Å². The molecule has 1 aromatic rings. The third-order valence-electron chi connectivity index (χ3n) is 1.67. The van der Waals surface area contributed by atoms with Crippen molar-refractivity contribution in [1.82, 2.24) is 0 Å². The largest absolute Gasteiger partial charge is 0.507 e. The number of aldehydes is 1. The van der Waals surface area contributed by atoms with E-state index in [1.807, 2.05) is 0 Å². The van der Waals surface area contributed by atoms with E-state index in [1.165, 1.54) is 13.0 Å². The van der Waals surface area contributed by atoms with Crippen molar-refractivity contribution in [2.45, 2.75) is 6.92 Å². The van der Waals surface area contributed by atoms with E-state index in [0.717, 1.165) is 6.07 Å². The molecule has 13 heavy (non-hydrogen) atoms. The number of rotatable bonds is 2. The summed E-state index contributed by atoms with van der Waals surface area (Å²) in [5.41, 5.74) is 0.0882. The van der Waals surface area contributed by atoms with Crippen molar-refractivity contribution in [2.75, 3.05) is 0 Å². The summed E-state index contributed by atoms with van der Waals surface area (Å²) in [7, 11) is 0. The van der Waals surface area contributed by atoms with Crippen molar-refractivity contribution < 1.29 is 14.8 Å². The summed E-state index contributed by atoms with van der Waals surface area (Å²) in [4.78, 5) is 20.1. The Hall–Kier alpha value is -1.91. The Morgan fingerprint density at radius 2 is 2.15 bits per heavy atom. The van der Waals surface area contributed by atoms with E-state index >= 15 is 0 Å². The zero-order chi connectivity index (χ0) is 10.0. The lowest BCUT2D eigenvalue weighted by Crippen LogP contribution is -1.93. The van der Waals surface area contributed by atoms with E-state index < -0.39 is 4.92 Å². The number of nitrogens with zero attached hydrogens (tertiary/aromatic N) is 1. The maximum Gasteiger partial charge on any atom is 0.273 e. The fraction of sp³-hybridized carbons (Fsp3) is 0.125. The average molecular weight is 181 g/mol. The molecule has 0 bridgehead atoms. The first-order valence-corrected chi connectivity index (χ1v) is 3.49. The second kappa shape index (κ2) is 3.22. The van der Waals surface area contributed by atoms with Crippen LogP contribution in [0.15, 0.2) is 12.1 Å². The maximum atomic E-state index is 10.4. The molecule has 0 aliphatic heterocycles. The van der Waals surface area contributed by atoms with Crippen LogP contribution in [0.5, 0.6) is 5.75 Å². The number of carbonyl (C=O) groups is 1. The molecule has 0 atom stereocenters. The smallest absolute Gasteiger partial charge is 0.273 e. The van der Waals surface area contributed by atoms with Crippen molar-refractivity contribution in [1.29, 1.82) is 0 Å². The summed E-state index contributed by atoms with van der Waals surface area (Å²) in [6.45, 7) is 1.49. The molecule has 0 aromatic heterocycles. The third kappa shape index (κ3) is 1.64. The molecule has 1 N–H and O–H groups in total. The molecular weight excluding hydrogens is 174 g/mol. The van der Waals surface area contributed by atoms with Gasteiger partial charge >= 0.3 is 0 Å². The molecule has 68 valence electrons. The van der Waals surface area contributed by atoms with Crippen LogP contribution in [0.25, 0.3) is 0 Å². The summed E-state index contributed by atoms with van der Waals surface area (Å²) in [6, 6.07) is 2.25. The summed E-state index contributed by atoms with van der Waals surface area (Å²) >= 11 is 0. The summed E-state index contributed by atoms with van der Waals surface area (Å²) < 4.78 is 0. The molecule has 1 aromatic carbocycles. The van der Waals surface area contributed by atoms with Crippen LogP contribution in [-0.2, 0) is 0 Å². The zero-order valence-electron chi connectivity index (χ0n) is 6.85. The molecule has 0 fully saturated rings. The predicted molar refractivity (Wildman–Crippen MR) is 44.9 cm³/mol. The second-order valence-electron chi connectivity index (χ2n) is 2.57. The van der Waals surface area contributed by atoms with Gasteiger partial charge < -0.3 is 5.11 Å². The Balaban J connectivity index is 3.38. The highest BCUT2D eigenvalue weighted by Crippen LogP contribution is 2.25.